The van der Waals surface area contributed by atoms with Crippen LogP contribution in [-0.2, 0) is 0 Å². The molecule has 0 aromatic heterocycles. The van der Waals surface area contributed by atoms with Crippen molar-refractivity contribution in [1.29, 1.82) is 0 Å². The van der Waals surface area contributed by atoms with Crippen molar-refractivity contribution in [2.75, 3.05) is 0 Å². The normalized spacial score (nSPS) is 11.3. The largest absolute Gasteiger partial charge is 0.0840 e. The van der Waals surface area contributed by atoms with Gasteiger partial charge in [0.25, 0.3) is 0 Å². The van der Waals surface area contributed by atoms with Gasteiger partial charge in [0.15, 0.2) is 0 Å². The summed E-state index contributed by atoms with van der Waals surface area (Å²) < 4.78 is 0. The first-order valence-electron chi connectivity index (χ1n) is 9.54. The Kier molecular flexibility index (Phi) is 11.6. The minimum Gasteiger partial charge on any atom is -0.0840 e. The van der Waals surface area contributed by atoms with Gasteiger partial charge in [0.2, 0.25) is 0 Å². The molecule has 1 aromatic carbocycles. The summed E-state index contributed by atoms with van der Waals surface area (Å²) in [5, 5.41) is 0.967. The summed E-state index contributed by atoms with van der Waals surface area (Å²) in [6.07, 6.45) is 16.3. The van der Waals surface area contributed by atoms with E-state index in [2.05, 4.69) is 32.0 Å². The van der Waals surface area contributed by atoms with Crippen LogP contribution in [-0.4, -0.2) is 0 Å². The Labute approximate surface area is 143 Å². The predicted octanol–water partition coefficient (Wildman–Crippen LogP) is 8.14. The van der Waals surface area contributed by atoms with Gasteiger partial charge in [0.1, 0.15) is 0 Å². The fourth-order valence-electron chi connectivity index (χ4n) is 3.25. The average molecular weight is 323 g/mol. The van der Waals surface area contributed by atoms with Crippen LogP contribution in [0.5, 0.6) is 0 Å². The molecule has 0 aliphatic rings. The van der Waals surface area contributed by atoms with Gasteiger partial charge in [-0.05, 0) is 30.4 Å². The summed E-state index contributed by atoms with van der Waals surface area (Å²) in [4.78, 5) is 0. The van der Waals surface area contributed by atoms with Gasteiger partial charge in [-0.3, -0.25) is 0 Å². The van der Waals surface area contributed by atoms with Crippen molar-refractivity contribution in [1.82, 2.24) is 0 Å². The Morgan fingerprint density at radius 3 is 1.73 bits per heavy atom. The lowest BCUT2D eigenvalue weighted by molar-refractivity contribution is 0.490. The highest BCUT2D eigenvalue weighted by Crippen LogP contribution is 2.33. The zero-order chi connectivity index (χ0) is 16.0. The summed E-state index contributed by atoms with van der Waals surface area (Å²) in [6.45, 7) is 4.56. The highest BCUT2D eigenvalue weighted by atomic mass is 35.5. The van der Waals surface area contributed by atoms with Gasteiger partial charge in [-0.1, -0.05) is 108 Å². The number of hydrogen-bond acceptors (Lipinski definition) is 0. The molecule has 0 fully saturated rings. The number of halogens is 1. The number of unbranched alkanes of at least 4 members (excludes halogenated alkanes) is 8. The van der Waals surface area contributed by atoms with Gasteiger partial charge in [-0.15, -0.1) is 0 Å². The van der Waals surface area contributed by atoms with E-state index >= 15 is 0 Å². The highest BCUT2D eigenvalue weighted by Gasteiger charge is 2.14. The first-order chi connectivity index (χ1) is 10.8. The molecule has 0 amide bonds. The second-order valence-corrected chi connectivity index (χ2v) is 7.03. The SMILES string of the molecule is CCCCCCCC(CCCCCCC)c1ccccc1Cl. The van der Waals surface area contributed by atoms with E-state index in [0.717, 1.165) is 5.02 Å². The number of hydrogen-bond donors (Lipinski definition) is 0. The van der Waals surface area contributed by atoms with Crippen LogP contribution in [0.2, 0.25) is 5.02 Å². The molecule has 0 N–H and O–H groups in total. The highest BCUT2D eigenvalue weighted by molar-refractivity contribution is 6.31. The van der Waals surface area contributed by atoms with Crippen molar-refractivity contribution in [2.45, 2.75) is 96.8 Å². The number of rotatable bonds is 13. The van der Waals surface area contributed by atoms with Gasteiger partial charge in [0.05, 0.1) is 0 Å². The van der Waals surface area contributed by atoms with Crippen LogP contribution in [0.3, 0.4) is 0 Å². The van der Waals surface area contributed by atoms with Crippen molar-refractivity contribution >= 4 is 11.6 Å². The first-order valence-corrected chi connectivity index (χ1v) is 9.91. The fourth-order valence-corrected chi connectivity index (χ4v) is 3.54. The van der Waals surface area contributed by atoms with Crippen LogP contribution in [0.1, 0.15) is 102 Å². The molecule has 0 radical (unpaired) electrons. The summed E-state index contributed by atoms with van der Waals surface area (Å²) in [6, 6.07) is 8.48. The van der Waals surface area contributed by atoms with Gasteiger partial charge >= 0.3 is 0 Å². The van der Waals surface area contributed by atoms with Crippen LogP contribution in [0.4, 0.5) is 0 Å². The monoisotopic (exact) mass is 322 g/mol. The molecule has 0 aliphatic carbocycles. The zero-order valence-corrected chi connectivity index (χ0v) is 15.5. The molecule has 0 unspecified atom stereocenters. The fraction of sp³-hybridized carbons (Fsp3) is 0.714. The standard InChI is InChI=1S/C21H35Cl/c1-3-5-7-9-11-15-19(16-12-10-8-6-4-2)20-17-13-14-18-21(20)22/h13-14,17-19H,3-12,15-16H2,1-2H3. The van der Waals surface area contributed by atoms with Gasteiger partial charge < -0.3 is 0 Å². The molecule has 0 heterocycles. The van der Waals surface area contributed by atoms with Gasteiger partial charge in [-0.25, -0.2) is 0 Å². The molecule has 0 aliphatic heterocycles. The molecule has 0 saturated heterocycles. The van der Waals surface area contributed by atoms with Gasteiger partial charge in [0, 0.05) is 5.02 Å². The van der Waals surface area contributed by atoms with Crippen LogP contribution < -0.4 is 0 Å². The lowest BCUT2D eigenvalue weighted by Gasteiger charge is -2.19. The molecule has 126 valence electrons. The van der Waals surface area contributed by atoms with E-state index in [4.69, 9.17) is 11.6 Å². The Bertz CT molecular complexity index is 358. The lowest BCUT2D eigenvalue weighted by atomic mass is 9.88. The van der Waals surface area contributed by atoms with E-state index in [1.807, 2.05) is 6.07 Å². The summed E-state index contributed by atoms with van der Waals surface area (Å²) in [7, 11) is 0. The Balaban J connectivity index is 2.44. The molecule has 1 aromatic rings. The van der Waals surface area contributed by atoms with Crippen molar-refractivity contribution in [3.8, 4) is 0 Å². The Hall–Kier alpha value is -0.490. The summed E-state index contributed by atoms with van der Waals surface area (Å²) >= 11 is 6.44. The number of benzene rings is 1. The Morgan fingerprint density at radius 2 is 1.23 bits per heavy atom. The second kappa shape index (κ2) is 13.0. The third-order valence-electron chi connectivity index (χ3n) is 4.66. The topological polar surface area (TPSA) is 0 Å². The first kappa shape index (κ1) is 19.6. The molecule has 0 nitrogen and oxygen atoms in total. The molecular weight excluding hydrogens is 288 g/mol. The third kappa shape index (κ3) is 8.22. The van der Waals surface area contributed by atoms with Crippen molar-refractivity contribution in [3.05, 3.63) is 34.9 Å². The maximum Gasteiger partial charge on any atom is 0.0440 e. The molecule has 22 heavy (non-hydrogen) atoms. The summed E-state index contributed by atoms with van der Waals surface area (Å²) in [5.41, 5.74) is 1.38. The maximum atomic E-state index is 6.44. The van der Waals surface area contributed by atoms with Crippen molar-refractivity contribution < 1.29 is 0 Å². The molecule has 0 saturated carbocycles. The zero-order valence-electron chi connectivity index (χ0n) is 14.7. The van der Waals surface area contributed by atoms with E-state index in [1.165, 1.54) is 82.6 Å². The molecule has 0 atom stereocenters. The minimum atomic E-state index is 0.664. The molecule has 1 heteroatoms. The van der Waals surface area contributed by atoms with E-state index in [1.54, 1.807) is 0 Å². The van der Waals surface area contributed by atoms with Crippen molar-refractivity contribution in [2.24, 2.45) is 0 Å². The van der Waals surface area contributed by atoms with Crippen molar-refractivity contribution in [3.63, 3.8) is 0 Å². The molecule has 0 spiro atoms. The van der Waals surface area contributed by atoms with E-state index in [-0.39, 0.29) is 0 Å². The van der Waals surface area contributed by atoms with E-state index in [0.29, 0.717) is 5.92 Å². The van der Waals surface area contributed by atoms with E-state index in [9.17, 15) is 0 Å². The van der Waals surface area contributed by atoms with Crippen LogP contribution >= 0.6 is 11.6 Å². The lowest BCUT2D eigenvalue weighted by Crippen LogP contribution is -2.01. The summed E-state index contributed by atoms with van der Waals surface area (Å²) in [5.74, 6) is 0.664. The molecule has 0 bridgehead atoms. The minimum absolute atomic E-state index is 0.664. The van der Waals surface area contributed by atoms with Gasteiger partial charge in [-0.2, -0.15) is 0 Å². The maximum absolute atomic E-state index is 6.44. The second-order valence-electron chi connectivity index (χ2n) is 6.62. The molecular formula is C21H35Cl. The molecule has 1 rings (SSSR count). The quantitative estimate of drug-likeness (QED) is 0.321. The van der Waals surface area contributed by atoms with Crippen LogP contribution in [0.25, 0.3) is 0 Å². The third-order valence-corrected chi connectivity index (χ3v) is 5.00. The van der Waals surface area contributed by atoms with Crippen LogP contribution in [0.15, 0.2) is 24.3 Å². The smallest absolute Gasteiger partial charge is 0.0440 e. The predicted molar refractivity (Wildman–Crippen MR) is 101 cm³/mol. The Morgan fingerprint density at radius 1 is 0.727 bits per heavy atom. The average Bonchev–Trinajstić information content (AvgIpc) is 2.53. The van der Waals surface area contributed by atoms with Crippen LogP contribution in [0, 0.1) is 0 Å². The van der Waals surface area contributed by atoms with E-state index < -0.39 is 0 Å².